The molecule has 158 valence electrons. The first kappa shape index (κ1) is 22.2. The number of aromatic nitrogens is 2. The summed E-state index contributed by atoms with van der Waals surface area (Å²) in [7, 11) is 0. The Morgan fingerprint density at radius 2 is 1.72 bits per heavy atom. The lowest BCUT2D eigenvalue weighted by Gasteiger charge is -2.25. The maximum atomic E-state index is 12.5. The van der Waals surface area contributed by atoms with Gasteiger partial charge < -0.3 is 24.7 Å². The molecule has 0 radical (unpaired) electrons. The number of ether oxygens (including phenoxy) is 4. The second-order valence-corrected chi connectivity index (χ2v) is 6.51. The van der Waals surface area contributed by atoms with Gasteiger partial charge in [0.25, 0.3) is 5.56 Å². The molecule has 3 N–H and O–H groups in total. The van der Waals surface area contributed by atoms with E-state index in [0.717, 1.165) is 31.4 Å². The lowest BCUT2D eigenvalue weighted by molar-refractivity contribution is -0.166. The third kappa shape index (κ3) is 5.26. The number of H-pyrrole nitrogens is 1. The number of esters is 3. The fourth-order valence-electron chi connectivity index (χ4n) is 2.85. The fraction of sp³-hybridized carbons (Fsp3) is 0.500. The molecule has 0 spiro atoms. The summed E-state index contributed by atoms with van der Waals surface area (Å²) in [4.78, 5) is 60.2. The second-order valence-electron chi connectivity index (χ2n) is 6.07. The number of hydrogen-bond acceptors (Lipinski definition) is 10. The standard InChI is InChI=1S/C16H19N3O9S/c1-6(20)25-5-10-12(26-7(2)21)13(27-8(3)22)15(28-10)19-9(14(17)29)4-11(23)18-16(19)24/h4,10,12-13,15H,5H2,1-3H3,(H2,17,29)(H,18,23,24)/t10-,12-,13-,15-/m1/s1. The first-order valence-corrected chi connectivity index (χ1v) is 8.71. The number of thiocarbonyl (C=S) groups is 1. The molecule has 4 atom stereocenters. The van der Waals surface area contributed by atoms with Gasteiger partial charge >= 0.3 is 23.6 Å². The van der Waals surface area contributed by atoms with Gasteiger partial charge in [0.1, 0.15) is 17.7 Å². The van der Waals surface area contributed by atoms with Crippen LogP contribution in [0.3, 0.4) is 0 Å². The minimum Gasteiger partial charge on any atom is -0.463 e. The molecule has 1 aromatic heterocycles. The van der Waals surface area contributed by atoms with E-state index >= 15 is 0 Å². The molecule has 2 rings (SSSR count). The summed E-state index contributed by atoms with van der Waals surface area (Å²) in [6.45, 7) is 3.02. The zero-order valence-electron chi connectivity index (χ0n) is 15.7. The van der Waals surface area contributed by atoms with Crippen LogP contribution in [0.5, 0.6) is 0 Å². The lowest BCUT2D eigenvalue weighted by Crippen LogP contribution is -2.44. The van der Waals surface area contributed by atoms with Crippen molar-refractivity contribution in [1.82, 2.24) is 9.55 Å². The highest BCUT2D eigenvalue weighted by Crippen LogP contribution is 2.34. The van der Waals surface area contributed by atoms with Gasteiger partial charge in [-0.3, -0.25) is 28.7 Å². The van der Waals surface area contributed by atoms with Crippen molar-refractivity contribution >= 4 is 35.1 Å². The van der Waals surface area contributed by atoms with Crippen LogP contribution >= 0.6 is 12.2 Å². The summed E-state index contributed by atoms with van der Waals surface area (Å²) in [5.74, 6) is -2.12. The number of nitrogens with zero attached hydrogens (tertiary/aromatic N) is 1. The van der Waals surface area contributed by atoms with Crippen LogP contribution in [-0.2, 0) is 33.3 Å². The zero-order chi connectivity index (χ0) is 21.9. The molecule has 13 heteroatoms. The summed E-state index contributed by atoms with van der Waals surface area (Å²) >= 11 is 4.89. The maximum absolute atomic E-state index is 12.5. The van der Waals surface area contributed by atoms with Crippen molar-refractivity contribution < 1.29 is 33.3 Å². The van der Waals surface area contributed by atoms with Crippen molar-refractivity contribution in [1.29, 1.82) is 0 Å². The smallest absolute Gasteiger partial charge is 0.331 e. The van der Waals surface area contributed by atoms with Crippen LogP contribution in [0.15, 0.2) is 15.7 Å². The van der Waals surface area contributed by atoms with Gasteiger partial charge in [0.2, 0.25) is 0 Å². The highest BCUT2D eigenvalue weighted by molar-refractivity contribution is 7.80. The van der Waals surface area contributed by atoms with Crippen LogP contribution in [0.1, 0.15) is 32.7 Å². The Hall–Kier alpha value is -3.06. The van der Waals surface area contributed by atoms with E-state index in [1.165, 1.54) is 0 Å². The Balaban J connectivity index is 2.59. The molecule has 2 heterocycles. The van der Waals surface area contributed by atoms with Crippen LogP contribution < -0.4 is 17.0 Å². The maximum Gasteiger partial charge on any atom is 0.331 e. The Morgan fingerprint density at radius 3 is 2.24 bits per heavy atom. The number of nitrogens with two attached hydrogens (primary N) is 1. The molecular weight excluding hydrogens is 410 g/mol. The number of nitrogens with one attached hydrogen (secondary N) is 1. The normalized spacial score (nSPS) is 23.3. The first-order valence-electron chi connectivity index (χ1n) is 8.30. The monoisotopic (exact) mass is 429 g/mol. The third-order valence-electron chi connectivity index (χ3n) is 3.82. The molecule has 1 aliphatic rings. The summed E-state index contributed by atoms with van der Waals surface area (Å²) in [6, 6.07) is 0.970. The van der Waals surface area contributed by atoms with Crippen molar-refractivity contribution in [3.8, 4) is 0 Å². The highest BCUT2D eigenvalue weighted by Gasteiger charge is 2.51. The van der Waals surface area contributed by atoms with E-state index in [2.05, 4.69) is 0 Å². The van der Waals surface area contributed by atoms with Crippen LogP contribution in [0, 0.1) is 0 Å². The van der Waals surface area contributed by atoms with Crippen molar-refractivity contribution in [3.05, 3.63) is 32.6 Å². The highest BCUT2D eigenvalue weighted by atomic mass is 32.1. The quantitative estimate of drug-likeness (QED) is 0.306. The zero-order valence-corrected chi connectivity index (χ0v) is 16.5. The van der Waals surface area contributed by atoms with E-state index in [1.54, 1.807) is 0 Å². The van der Waals surface area contributed by atoms with E-state index in [0.29, 0.717) is 0 Å². The van der Waals surface area contributed by atoms with Gasteiger partial charge in [0.05, 0.1) is 5.69 Å². The van der Waals surface area contributed by atoms with Crippen LogP contribution in [0.4, 0.5) is 0 Å². The Kier molecular flexibility index (Phi) is 6.87. The molecule has 1 aromatic rings. The number of aromatic amines is 1. The van der Waals surface area contributed by atoms with Gasteiger partial charge in [-0.2, -0.15) is 0 Å². The van der Waals surface area contributed by atoms with Crippen LogP contribution in [0.25, 0.3) is 0 Å². The van der Waals surface area contributed by atoms with Crippen molar-refractivity contribution in [2.45, 2.75) is 45.3 Å². The molecule has 29 heavy (non-hydrogen) atoms. The molecule has 0 unspecified atom stereocenters. The largest absolute Gasteiger partial charge is 0.463 e. The minimum atomic E-state index is -1.38. The van der Waals surface area contributed by atoms with Gasteiger partial charge in [-0.25, -0.2) is 4.79 Å². The van der Waals surface area contributed by atoms with E-state index < -0.39 is 53.7 Å². The number of hydrogen-bond donors (Lipinski definition) is 2. The Morgan fingerprint density at radius 1 is 1.14 bits per heavy atom. The predicted molar refractivity (Wildman–Crippen MR) is 98.9 cm³/mol. The molecule has 1 saturated heterocycles. The molecule has 1 aliphatic heterocycles. The van der Waals surface area contributed by atoms with Crippen molar-refractivity contribution in [3.63, 3.8) is 0 Å². The van der Waals surface area contributed by atoms with Gasteiger partial charge in [-0.15, -0.1) is 0 Å². The van der Waals surface area contributed by atoms with Crippen molar-refractivity contribution in [2.24, 2.45) is 5.73 Å². The molecule has 0 amide bonds. The molecule has 0 aromatic carbocycles. The Labute approximate surface area is 168 Å². The topological polar surface area (TPSA) is 169 Å². The summed E-state index contributed by atoms with van der Waals surface area (Å²) < 4.78 is 22.0. The first-order chi connectivity index (χ1) is 13.5. The number of carbonyl (C=O) groups is 3. The van der Waals surface area contributed by atoms with Crippen LogP contribution in [0.2, 0.25) is 0 Å². The number of rotatable bonds is 6. The average Bonchev–Trinajstić information content (AvgIpc) is 2.88. The van der Waals surface area contributed by atoms with Gasteiger partial charge in [0.15, 0.2) is 18.4 Å². The van der Waals surface area contributed by atoms with E-state index in [9.17, 15) is 24.0 Å². The van der Waals surface area contributed by atoms with E-state index in [-0.39, 0.29) is 17.3 Å². The van der Waals surface area contributed by atoms with Crippen molar-refractivity contribution in [2.75, 3.05) is 6.61 Å². The Bertz CT molecular complexity index is 954. The molecular formula is C16H19N3O9S. The molecule has 12 nitrogen and oxygen atoms in total. The van der Waals surface area contributed by atoms with Crippen LogP contribution in [-0.4, -0.2) is 57.4 Å². The molecule has 0 aliphatic carbocycles. The van der Waals surface area contributed by atoms with E-state index in [1.807, 2.05) is 4.98 Å². The van der Waals surface area contributed by atoms with Gasteiger partial charge in [-0.05, 0) is 0 Å². The van der Waals surface area contributed by atoms with E-state index in [4.69, 9.17) is 36.9 Å². The summed E-state index contributed by atoms with van der Waals surface area (Å²) in [5.41, 5.74) is 3.75. The SMILES string of the molecule is CC(=O)OC[C@H]1O[C@@H](n2c(C(N)=S)cc(=O)[nH]c2=O)[C@H](OC(C)=O)[C@@H]1OC(C)=O. The number of carbonyl (C=O) groups excluding carboxylic acids is 3. The summed E-state index contributed by atoms with van der Waals surface area (Å²) in [5, 5.41) is 0. The van der Waals surface area contributed by atoms with Gasteiger partial charge in [-0.1, -0.05) is 12.2 Å². The predicted octanol–water partition coefficient (Wildman–Crippen LogP) is -1.51. The second kappa shape index (κ2) is 8.96. The lowest BCUT2D eigenvalue weighted by atomic mass is 10.1. The minimum absolute atomic E-state index is 0.161. The molecule has 0 saturated carbocycles. The fourth-order valence-corrected chi connectivity index (χ4v) is 3.01. The molecule has 1 fully saturated rings. The average molecular weight is 429 g/mol. The molecule has 0 bridgehead atoms. The third-order valence-corrected chi connectivity index (χ3v) is 4.03. The van der Waals surface area contributed by atoms with Gasteiger partial charge in [0, 0.05) is 26.8 Å². The summed E-state index contributed by atoms with van der Waals surface area (Å²) in [6.07, 6.45) is -5.02.